The van der Waals surface area contributed by atoms with Gasteiger partial charge in [-0.05, 0) is 34.8 Å². The van der Waals surface area contributed by atoms with Crippen LogP contribution in [0, 0.1) is 0 Å². The van der Waals surface area contributed by atoms with Crippen LogP contribution in [0.25, 0.3) is 0 Å². The van der Waals surface area contributed by atoms with Crippen LogP contribution in [0.15, 0.2) is 35.3 Å². The number of pyridine rings is 1. The highest BCUT2D eigenvalue weighted by molar-refractivity contribution is 9.10. The largest absolute Gasteiger partial charge is 0.334 e. The first-order chi connectivity index (χ1) is 9.74. The number of aromatic nitrogens is 4. The molecule has 1 fully saturated rings. The van der Waals surface area contributed by atoms with Gasteiger partial charge in [-0.25, -0.2) is 0 Å². The lowest BCUT2D eigenvalue weighted by molar-refractivity contribution is 0.0720. The van der Waals surface area contributed by atoms with Gasteiger partial charge < -0.3 is 4.90 Å². The number of rotatable bonds is 3. The van der Waals surface area contributed by atoms with Crippen LogP contribution in [-0.2, 0) is 6.54 Å². The Balaban J connectivity index is 1.76. The number of hydrogen-bond acceptors (Lipinski definition) is 4. The Hall–Kier alpha value is -1.76. The quantitative estimate of drug-likeness (QED) is 0.857. The second kappa shape index (κ2) is 5.70. The molecule has 20 heavy (non-hydrogen) atoms. The van der Waals surface area contributed by atoms with Crippen molar-refractivity contribution in [3.05, 3.63) is 40.9 Å². The molecule has 1 aliphatic heterocycles. The Morgan fingerprint density at radius 2 is 2.35 bits per heavy atom. The topological polar surface area (TPSA) is 63.9 Å². The van der Waals surface area contributed by atoms with Crippen LogP contribution in [0.1, 0.15) is 23.2 Å². The molecule has 1 saturated heterocycles. The third kappa shape index (κ3) is 2.72. The molecular weight excluding hydrogens is 322 g/mol. The van der Waals surface area contributed by atoms with E-state index in [4.69, 9.17) is 0 Å². The summed E-state index contributed by atoms with van der Waals surface area (Å²) in [6, 6.07) is 1.98. The summed E-state index contributed by atoms with van der Waals surface area (Å²) in [6.45, 7) is 1.47. The first-order valence-electron chi connectivity index (χ1n) is 6.49. The molecule has 0 bridgehead atoms. The standard InChI is InChI=1S/C13H14BrN5O/c14-11-6-10(7-15-8-11)13(20)19-4-1-2-12(19)9-18-5-3-16-17-18/h3,5-8,12H,1-2,4,9H2/t12-/m0/s1. The lowest BCUT2D eigenvalue weighted by Crippen LogP contribution is -2.38. The molecular formula is C13H14BrN5O. The van der Waals surface area contributed by atoms with Gasteiger partial charge in [-0.1, -0.05) is 5.21 Å². The van der Waals surface area contributed by atoms with E-state index >= 15 is 0 Å². The molecule has 7 heteroatoms. The third-order valence-electron chi connectivity index (χ3n) is 3.46. The fourth-order valence-electron chi connectivity index (χ4n) is 2.53. The first kappa shape index (κ1) is 13.2. The summed E-state index contributed by atoms with van der Waals surface area (Å²) in [6.07, 6.45) is 8.77. The van der Waals surface area contributed by atoms with Crippen molar-refractivity contribution in [2.45, 2.75) is 25.4 Å². The molecule has 2 aromatic heterocycles. The molecule has 0 aromatic carbocycles. The fraction of sp³-hybridized carbons (Fsp3) is 0.385. The van der Waals surface area contributed by atoms with Crippen LogP contribution in [0.4, 0.5) is 0 Å². The van der Waals surface area contributed by atoms with Crippen LogP contribution in [0.3, 0.4) is 0 Å². The highest BCUT2D eigenvalue weighted by atomic mass is 79.9. The fourth-order valence-corrected chi connectivity index (χ4v) is 2.90. The van der Waals surface area contributed by atoms with Crippen LogP contribution >= 0.6 is 15.9 Å². The molecule has 1 amide bonds. The zero-order valence-corrected chi connectivity index (χ0v) is 12.4. The Morgan fingerprint density at radius 1 is 1.45 bits per heavy atom. The smallest absolute Gasteiger partial charge is 0.255 e. The Morgan fingerprint density at radius 3 is 3.10 bits per heavy atom. The average Bonchev–Trinajstić information content (AvgIpc) is 3.10. The number of hydrogen-bond donors (Lipinski definition) is 0. The molecule has 104 valence electrons. The monoisotopic (exact) mass is 335 g/mol. The minimum Gasteiger partial charge on any atom is -0.334 e. The second-order valence-electron chi connectivity index (χ2n) is 4.81. The van der Waals surface area contributed by atoms with Crippen molar-refractivity contribution < 1.29 is 4.79 Å². The first-order valence-corrected chi connectivity index (χ1v) is 7.29. The van der Waals surface area contributed by atoms with E-state index in [1.54, 1.807) is 29.3 Å². The molecule has 6 nitrogen and oxygen atoms in total. The highest BCUT2D eigenvalue weighted by Gasteiger charge is 2.30. The Labute approximate surface area is 124 Å². The van der Waals surface area contributed by atoms with Gasteiger partial charge in [0.15, 0.2) is 0 Å². The van der Waals surface area contributed by atoms with Crippen molar-refractivity contribution in [2.75, 3.05) is 6.54 Å². The number of amides is 1. The molecule has 3 rings (SSSR count). The van der Waals surface area contributed by atoms with Crippen LogP contribution < -0.4 is 0 Å². The van der Waals surface area contributed by atoms with Crippen LogP contribution in [-0.4, -0.2) is 43.4 Å². The number of carbonyl (C=O) groups is 1. The molecule has 0 saturated carbocycles. The van der Waals surface area contributed by atoms with Crippen molar-refractivity contribution in [1.82, 2.24) is 24.9 Å². The van der Waals surface area contributed by atoms with Crippen LogP contribution in [0.2, 0.25) is 0 Å². The second-order valence-corrected chi connectivity index (χ2v) is 5.73. The number of carbonyl (C=O) groups excluding carboxylic acids is 1. The Bertz CT molecular complexity index is 601. The molecule has 0 unspecified atom stereocenters. The zero-order valence-electron chi connectivity index (χ0n) is 10.8. The highest BCUT2D eigenvalue weighted by Crippen LogP contribution is 2.22. The van der Waals surface area contributed by atoms with Gasteiger partial charge in [-0.15, -0.1) is 5.10 Å². The van der Waals surface area contributed by atoms with Crippen LogP contribution in [0.5, 0.6) is 0 Å². The van der Waals surface area contributed by atoms with Gasteiger partial charge >= 0.3 is 0 Å². The average molecular weight is 336 g/mol. The summed E-state index contributed by atoms with van der Waals surface area (Å²) in [5.74, 6) is 0.0291. The van der Waals surface area contributed by atoms with Gasteiger partial charge in [0.1, 0.15) is 0 Å². The summed E-state index contributed by atoms with van der Waals surface area (Å²) in [5, 5.41) is 7.77. The van der Waals surface area contributed by atoms with Gasteiger partial charge in [-0.2, -0.15) is 0 Å². The van der Waals surface area contributed by atoms with E-state index in [2.05, 4.69) is 31.2 Å². The normalized spacial score (nSPS) is 18.4. The third-order valence-corrected chi connectivity index (χ3v) is 3.89. The van der Waals surface area contributed by atoms with E-state index in [1.807, 2.05) is 11.1 Å². The van der Waals surface area contributed by atoms with Crippen molar-refractivity contribution in [3.63, 3.8) is 0 Å². The van der Waals surface area contributed by atoms with Crippen molar-refractivity contribution >= 4 is 21.8 Å². The molecule has 3 heterocycles. The molecule has 2 aromatic rings. The SMILES string of the molecule is O=C(c1cncc(Br)c1)N1CCC[C@H]1Cn1ccnn1. The predicted octanol–water partition coefficient (Wildman–Crippen LogP) is 1.74. The van der Waals surface area contributed by atoms with Gasteiger partial charge in [0.2, 0.25) is 0 Å². The zero-order chi connectivity index (χ0) is 13.9. The molecule has 1 atom stereocenters. The molecule has 0 N–H and O–H groups in total. The van der Waals surface area contributed by atoms with Crippen molar-refractivity contribution in [3.8, 4) is 0 Å². The minimum absolute atomic E-state index is 0.0291. The minimum atomic E-state index is 0.0291. The maximum atomic E-state index is 12.6. The summed E-state index contributed by atoms with van der Waals surface area (Å²) in [4.78, 5) is 18.5. The molecule has 1 aliphatic rings. The van der Waals surface area contributed by atoms with E-state index in [9.17, 15) is 4.79 Å². The molecule has 0 spiro atoms. The van der Waals surface area contributed by atoms with Gasteiger partial charge in [-0.3, -0.25) is 14.5 Å². The lowest BCUT2D eigenvalue weighted by atomic mass is 10.2. The van der Waals surface area contributed by atoms with E-state index in [0.29, 0.717) is 12.1 Å². The number of halogens is 1. The molecule has 0 aliphatic carbocycles. The maximum Gasteiger partial charge on any atom is 0.255 e. The summed E-state index contributed by atoms with van der Waals surface area (Å²) >= 11 is 3.35. The molecule has 0 radical (unpaired) electrons. The van der Waals surface area contributed by atoms with Gasteiger partial charge in [0, 0.05) is 29.6 Å². The van der Waals surface area contributed by atoms with Gasteiger partial charge in [0.05, 0.1) is 24.3 Å². The van der Waals surface area contributed by atoms with E-state index in [-0.39, 0.29) is 11.9 Å². The Kier molecular flexibility index (Phi) is 3.77. The summed E-state index contributed by atoms with van der Waals surface area (Å²) in [5.41, 5.74) is 0.616. The lowest BCUT2D eigenvalue weighted by Gasteiger charge is -2.24. The number of likely N-dealkylation sites (tertiary alicyclic amines) is 1. The predicted molar refractivity (Wildman–Crippen MR) is 76.0 cm³/mol. The van der Waals surface area contributed by atoms with Crippen molar-refractivity contribution in [2.24, 2.45) is 0 Å². The summed E-state index contributed by atoms with van der Waals surface area (Å²) in [7, 11) is 0. The van der Waals surface area contributed by atoms with Crippen molar-refractivity contribution in [1.29, 1.82) is 0 Å². The maximum absolute atomic E-state index is 12.6. The van der Waals surface area contributed by atoms with Gasteiger partial charge in [0.25, 0.3) is 5.91 Å². The van der Waals surface area contributed by atoms with E-state index in [0.717, 1.165) is 23.9 Å². The summed E-state index contributed by atoms with van der Waals surface area (Å²) < 4.78 is 2.59. The number of nitrogens with zero attached hydrogens (tertiary/aromatic N) is 5. The van der Waals surface area contributed by atoms with E-state index < -0.39 is 0 Å². The van der Waals surface area contributed by atoms with E-state index in [1.165, 1.54) is 0 Å².